The first-order chi connectivity index (χ1) is 19.8. The van der Waals surface area contributed by atoms with Gasteiger partial charge in [-0.2, -0.15) is 0 Å². The van der Waals surface area contributed by atoms with Gasteiger partial charge < -0.3 is 9.05 Å². The summed E-state index contributed by atoms with van der Waals surface area (Å²) in [6, 6.07) is 25.4. The Morgan fingerprint density at radius 2 is 1.00 bits per heavy atom. The van der Waals surface area contributed by atoms with Crippen molar-refractivity contribution >= 4 is 7.82 Å². The molecule has 42 heavy (non-hydrogen) atoms. The van der Waals surface area contributed by atoms with Gasteiger partial charge in [0.05, 0.1) is 0 Å². The summed E-state index contributed by atoms with van der Waals surface area (Å²) in [5.74, 6) is 0.996. The van der Waals surface area contributed by atoms with Crippen molar-refractivity contribution in [3.8, 4) is 33.8 Å². The summed E-state index contributed by atoms with van der Waals surface area (Å²) < 4.78 is 26.2. The lowest BCUT2D eigenvalue weighted by molar-refractivity contribution is 0.281. The number of phosphoric acid groups is 1. The molecule has 1 N–H and O–H groups in total. The molecule has 0 unspecified atom stereocenters. The second-order valence-electron chi connectivity index (χ2n) is 14.3. The molecule has 3 aliphatic rings. The van der Waals surface area contributed by atoms with E-state index in [4.69, 9.17) is 9.05 Å². The maximum Gasteiger partial charge on any atom is 0.584 e. The lowest BCUT2D eigenvalue weighted by Crippen LogP contribution is -2.25. The number of rotatable bonds is 2. The van der Waals surface area contributed by atoms with Crippen LogP contribution in [-0.4, -0.2) is 4.89 Å². The van der Waals surface area contributed by atoms with E-state index >= 15 is 0 Å². The van der Waals surface area contributed by atoms with Crippen molar-refractivity contribution in [3.05, 3.63) is 106 Å². The third kappa shape index (κ3) is 4.26. The third-order valence-electron chi connectivity index (χ3n) is 9.62. The first kappa shape index (κ1) is 27.5. The van der Waals surface area contributed by atoms with Crippen molar-refractivity contribution in [1.82, 2.24) is 0 Å². The number of hydrogen-bond acceptors (Lipinski definition) is 3. The van der Waals surface area contributed by atoms with Gasteiger partial charge in [0, 0.05) is 27.7 Å². The molecule has 0 saturated heterocycles. The average Bonchev–Trinajstić information content (AvgIpc) is 3.49. The Balaban J connectivity index is 1.44. The van der Waals surface area contributed by atoms with Crippen LogP contribution in [-0.2, 0) is 33.7 Å². The molecule has 1 spiro atoms. The molecule has 1 aliphatic heterocycles. The van der Waals surface area contributed by atoms with Gasteiger partial charge in [0.25, 0.3) is 0 Å². The summed E-state index contributed by atoms with van der Waals surface area (Å²) in [5, 5.41) is 0. The average molecular weight is 579 g/mol. The third-order valence-corrected chi connectivity index (χ3v) is 10.5. The Labute approximate surface area is 249 Å². The fraction of sp³-hybridized carbons (Fsp3) is 0.351. The summed E-state index contributed by atoms with van der Waals surface area (Å²) in [7, 11) is -4.53. The lowest BCUT2D eigenvalue weighted by Gasteiger charge is -2.34. The smallest absolute Gasteiger partial charge is 0.394 e. The number of aryl methyl sites for hydroxylation is 2. The fourth-order valence-electron chi connectivity index (χ4n) is 7.35. The minimum Gasteiger partial charge on any atom is -0.394 e. The molecule has 4 aromatic rings. The Morgan fingerprint density at radius 3 is 1.36 bits per heavy atom. The van der Waals surface area contributed by atoms with E-state index in [9.17, 15) is 9.46 Å². The summed E-state index contributed by atoms with van der Waals surface area (Å²) in [4.78, 5) is 11.3. The van der Waals surface area contributed by atoms with E-state index < -0.39 is 7.82 Å². The molecule has 0 atom stereocenters. The molecular weight excluding hydrogens is 539 g/mol. The van der Waals surface area contributed by atoms with Crippen molar-refractivity contribution in [2.75, 3.05) is 0 Å². The second kappa shape index (κ2) is 9.09. The minimum absolute atomic E-state index is 0.0318. The second-order valence-corrected chi connectivity index (χ2v) is 15.6. The van der Waals surface area contributed by atoms with Crippen molar-refractivity contribution in [1.29, 1.82) is 0 Å². The Hall–Kier alpha value is -3.33. The van der Waals surface area contributed by atoms with Crippen LogP contribution in [0, 0.1) is 0 Å². The Bertz CT molecular complexity index is 1640. The van der Waals surface area contributed by atoms with Gasteiger partial charge >= 0.3 is 7.82 Å². The van der Waals surface area contributed by atoms with Gasteiger partial charge in [0.2, 0.25) is 0 Å². The van der Waals surface area contributed by atoms with Gasteiger partial charge in [-0.3, -0.25) is 4.89 Å². The molecule has 4 aromatic carbocycles. The molecule has 0 bridgehead atoms. The van der Waals surface area contributed by atoms with Crippen LogP contribution in [0.1, 0.15) is 87.8 Å². The van der Waals surface area contributed by atoms with E-state index in [2.05, 4.69) is 102 Å². The zero-order chi connectivity index (χ0) is 29.7. The molecule has 5 heteroatoms. The van der Waals surface area contributed by atoms with Crippen LogP contribution < -0.4 is 9.05 Å². The van der Waals surface area contributed by atoms with Crippen LogP contribution >= 0.6 is 7.82 Å². The zero-order valence-corrected chi connectivity index (χ0v) is 26.3. The van der Waals surface area contributed by atoms with E-state index in [-0.39, 0.29) is 16.2 Å². The van der Waals surface area contributed by atoms with Crippen LogP contribution in [0.15, 0.2) is 72.8 Å². The monoisotopic (exact) mass is 578 g/mol. The molecule has 0 amide bonds. The van der Waals surface area contributed by atoms with Crippen LogP contribution in [0.2, 0.25) is 0 Å². The van der Waals surface area contributed by atoms with Gasteiger partial charge in [0.15, 0.2) is 0 Å². The molecule has 7 rings (SSSR count). The van der Waals surface area contributed by atoms with Gasteiger partial charge in [-0.1, -0.05) is 114 Å². The summed E-state index contributed by atoms with van der Waals surface area (Å²) >= 11 is 0. The van der Waals surface area contributed by atoms with Gasteiger partial charge in [-0.15, -0.1) is 0 Å². The van der Waals surface area contributed by atoms with E-state index in [1.54, 1.807) is 0 Å². The van der Waals surface area contributed by atoms with Gasteiger partial charge in [-0.25, -0.2) is 4.57 Å². The predicted molar refractivity (Wildman–Crippen MR) is 170 cm³/mol. The summed E-state index contributed by atoms with van der Waals surface area (Å²) in [5.41, 5.74) is 10.3. The van der Waals surface area contributed by atoms with E-state index in [1.807, 2.05) is 12.1 Å². The van der Waals surface area contributed by atoms with Crippen LogP contribution in [0.4, 0.5) is 0 Å². The van der Waals surface area contributed by atoms with Crippen molar-refractivity contribution in [2.24, 2.45) is 0 Å². The molecule has 0 fully saturated rings. The van der Waals surface area contributed by atoms with Gasteiger partial charge in [0.1, 0.15) is 11.5 Å². The molecule has 4 nitrogen and oxygen atoms in total. The molecule has 2 aliphatic carbocycles. The SMILES string of the molecule is CC(C)(C)c1ccc(-c2ccc3c4c2OP(=O)(O)Oc2c(-c5ccc(C(C)(C)C)cc5)ccc5c2C4(CC3)CC5)cc1. The van der Waals surface area contributed by atoms with E-state index in [1.165, 1.54) is 22.3 Å². The Kier molecular flexibility index (Phi) is 5.95. The van der Waals surface area contributed by atoms with Crippen molar-refractivity contribution < 1.29 is 18.5 Å². The maximum atomic E-state index is 13.9. The Morgan fingerprint density at radius 1 is 0.619 bits per heavy atom. The molecule has 0 radical (unpaired) electrons. The molecular formula is C37H39O4P. The minimum atomic E-state index is -4.53. The standard InChI is InChI=1S/C37H39O4P/c1-35(2,3)27-13-7-23(8-14-27)29-17-11-25-19-21-37-22-20-26-12-18-30(24-9-15-28(16-10-24)36(4,5)6)34(32(26)37)41-42(38,39)40-33(29)31(25)37/h7-18H,19-22H2,1-6H3,(H,38,39). The van der Waals surface area contributed by atoms with Crippen LogP contribution in [0.5, 0.6) is 11.5 Å². The number of phosphoric ester groups is 1. The van der Waals surface area contributed by atoms with E-state index in [0.29, 0.717) is 11.5 Å². The summed E-state index contributed by atoms with van der Waals surface area (Å²) in [6.07, 6.45) is 3.65. The van der Waals surface area contributed by atoms with Crippen LogP contribution in [0.25, 0.3) is 22.3 Å². The fourth-order valence-corrected chi connectivity index (χ4v) is 8.23. The normalized spacial score (nSPS) is 17.9. The topological polar surface area (TPSA) is 55.8 Å². The number of hydrogen-bond donors (Lipinski definition) is 1. The van der Waals surface area contributed by atoms with Crippen molar-refractivity contribution in [3.63, 3.8) is 0 Å². The molecule has 1 heterocycles. The highest BCUT2D eigenvalue weighted by Crippen LogP contribution is 2.65. The van der Waals surface area contributed by atoms with Gasteiger partial charge in [-0.05, 0) is 69.9 Å². The van der Waals surface area contributed by atoms with E-state index in [0.717, 1.165) is 59.1 Å². The largest absolute Gasteiger partial charge is 0.584 e. The molecule has 0 saturated carbocycles. The van der Waals surface area contributed by atoms with Crippen molar-refractivity contribution in [2.45, 2.75) is 83.5 Å². The molecule has 0 aromatic heterocycles. The molecule has 216 valence electrons. The highest BCUT2D eigenvalue weighted by atomic mass is 31.2. The lowest BCUT2D eigenvalue weighted by atomic mass is 9.74. The predicted octanol–water partition coefficient (Wildman–Crippen LogP) is 9.67. The maximum absolute atomic E-state index is 13.9. The first-order valence-electron chi connectivity index (χ1n) is 15.0. The highest BCUT2D eigenvalue weighted by molar-refractivity contribution is 7.48. The highest BCUT2D eigenvalue weighted by Gasteiger charge is 2.52. The summed E-state index contributed by atoms with van der Waals surface area (Å²) in [6.45, 7) is 13.2. The quantitative estimate of drug-likeness (QED) is 0.241. The first-order valence-corrected chi connectivity index (χ1v) is 16.5. The number of benzene rings is 4. The zero-order valence-electron chi connectivity index (χ0n) is 25.4. The van der Waals surface area contributed by atoms with Crippen LogP contribution in [0.3, 0.4) is 0 Å².